The Morgan fingerprint density at radius 3 is 2.43 bits per heavy atom. The number of hydrazine groups is 1. The molecular weight excluding hydrogens is 458 g/mol. The molecule has 0 aromatic carbocycles. The number of nitrogens with two attached hydrogens (primary N) is 1. The van der Waals surface area contributed by atoms with Crippen LogP contribution in [0.1, 0.15) is 111 Å². The van der Waals surface area contributed by atoms with Gasteiger partial charge in [-0.15, -0.1) is 0 Å². The molecule has 6 nitrogen and oxygen atoms in total. The average molecular weight is 518 g/mol. The number of hydrogen-bond acceptors (Lipinski definition) is 5. The van der Waals surface area contributed by atoms with Crippen LogP contribution in [0.5, 0.6) is 0 Å². The molecule has 6 heteroatoms. The standard InChI is InChI=1S/C31H59N5O/c1-22(2)36-29(37)12-9-23-8-11-27-26-10-7-24-21-25(34-20-19-33-17-5-6-18-35-32)13-15-31(24,4)28(26)14-16-30(23,27)3/h22-28,33-35H,5-21,32H2,1-4H3,(H,36,37)/t23-,24?,25?,26?,27?,28?,30?,31?/m1/s1. The first-order valence-electron chi connectivity index (χ1n) is 15.9. The molecule has 8 atom stereocenters. The molecule has 0 aliphatic heterocycles. The Kier molecular flexibility index (Phi) is 10.4. The summed E-state index contributed by atoms with van der Waals surface area (Å²) in [7, 11) is 0. The maximum Gasteiger partial charge on any atom is 0.220 e. The molecule has 4 fully saturated rings. The van der Waals surface area contributed by atoms with Crippen molar-refractivity contribution in [2.45, 2.75) is 123 Å². The van der Waals surface area contributed by atoms with Crippen LogP contribution in [-0.4, -0.2) is 44.2 Å². The van der Waals surface area contributed by atoms with Crippen LogP contribution >= 0.6 is 0 Å². The second-order valence-electron chi connectivity index (χ2n) is 14.1. The Labute approximate surface area is 227 Å². The Morgan fingerprint density at radius 1 is 0.892 bits per heavy atom. The molecule has 4 aliphatic carbocycles. The van der Waals surface area contributed by atoms with Gasteiger partial charge >= 0.3 is 0 Å². The van der Waals surface area contributed by atoms with Crippen molar-refractivity contribution in [3.8, 4) is 0 Å². The van der Waals surface area contributed by atoms with Crippen LogP contribution in [0.2, 0.25) is 0 Å². The third kappa shape index (κ3) is 6.73. The third-order valence-corrected chi connectivity index (χ3v) is 11.7. The number of unbranched alkanes of at least 4 members (excludes halogenated alkanes) is 1. The maximum absolute atomic E-state index is 12.3. The van der Waals surface area contributed by atoms with Crippen LogP contribution in [0.25, 0.3) is 0 Å². The van der Waals surface area contributed by atoms with E-state index < -0.39 is 0 Å². The van der Waals surface area contributed by atoms with Gasteiger partial charge in [-0.25, -0.2) is 0 Å². The van der Waals surface area contributed by atoms with E-state index in [4.69, 9.17) is 5.84 Å². The van der Waals surface area contributed by atoms with Crippen molar-refractivity contribution in [2.24, 2.45) is 46.3 Å². The lowest BCUT2D eigenvalue weighted by atomic mass is 9.44. The van der Waals surface area contributed by atoms with Gasteiger partial charge in [-0.3, -0.25) is 16.1 Å². The topological polar surface area (TPSA) is 91.2 Å². The highest BCUT2D eigenvalue weighted by Crippen LogP contribution is 2.67. The number of nitrogens with one attached hydrogen (secondary N) is 4. The smallest absolute Gasteiger partial charge is 0.220 e. The molecule has 0 bridgehead atoms. The zero-order valence-corrected chi connectivity index (χ0v) is 24.5. The largest absolute Gasteiger partial charge is 0.354 e. The van der Waals surface area contributed by atoms with Gasteiger partial charge in [-0.05, 0) is 138 Å². The summed E-state index contributed by atoms with van der Waals surface area (Å²) in [6.07, 6.45) is 16.8. The lowest BCUT2D eigenvalue weighted by molar-refractivity contribution is -0.123. The summed E-state index contributed by atoms with van der Waals surface area (Å²) < 4.78 is 0. The van der Waals surface area contributed by atoms with Crippen LogP contribution in [0, 0.1) is 40.4 Å². The van der Waals surface area contributed by atoms with E-state index in [-0.39, 0.29) is 11.9 Å². The van der Waals surface area contributed by atoms with Crippen LogP contribution in [0.4, 0.5) is 0 Å². The van der Waals surface area contributed by atoms with Gasteiger partial charge in [-0.1, -0.05) is 13.8 Å². The van der Waals surface area contributed by atoms with Crippen molar-refractivity contribution >= 4 is 5.91 Å². The van der Waals surface area contributed by atoms with Crippen LogP contribution in [0.3, 0.4) is 0 Å². The summed E-state index contributed by atoms with van der Waals surface area (Å²) in [6.45, 7) is 13.6. The van der Waals surface area contributed by atoms with Crippen molar-refractivity contribution in [3.63, 3.8) is 0 Å². The fraction of sp³-hybridized carbons (Fsp3) is 0.968. The van der Waals surface area contributed by atoms with Gasteiger partial charge in [0, 0.05) is 38.1 Å². The first kappa shape index (κ1) is 29.3. The van der Waals surface area contributed by atoms with E-state index >= 15 is 0 Å². The number of hydrogen-bond donors (Lipinski definition) is 5. The highest BCUT2D eigenvalue weighted by molar-refractivity contribution is 5.76. The monoisotopic (exact) mass is 517 g/mol. The zero-order chi connectivity index (χ0) is 26.5. The molecule has 0 saturated heterocycles. The molecule has 37 heavy (non-hydrogen) atoms. The summed E-state index contributed by atoms with van der Waals surface area (Å²) in [5.41, 5.74) is 3.75. The second kappa shape index (κ2) is 13.1. The summed E-state index contributed by atoms with van der Waals surface area (Å²) in [5.74, 6) is 9.99. The quantitative estimate of drug-likeness (QED) is 0.138. The van der Waals surface area contributed by atoms with Gasteiger partial charge in [0.2, 0.25) is 5.91 Å². The van der Waals surface area contributed by atoms with Crippen molar-refractivity contribution in [2.75, 3.05) is 26.2 Å². The van der Waals surface area contributed by atoms with Crippen molar-refractivity contribution in [1.82, 2.24) is 21.4 Å². The Balaban J connectivity index is 1.25. The van der Waals surface area contributed by atoms with Crippen LogP contribution in [0.15, 0.2) is 0 Å². The van der Waals surface area contributed by atoms with E-state index in [9.17, 15) is 4.79 Å². The first-order valence-corrected chi connectivity index (χ1v) is 15.9. The van der Waals surface area contributed by atoms with Gasteiger partial charge in [-0.2, -0.15) is 0 Å². The van der Waals surface area contributed by atoms with E-state index in [1.54, 1.807) is 0 Å². The predicted molar refractivity (Wildman–Crippen MR) is 154 cm³/mol. The van der Waals surface area contributed by atoms with E-state index in [1.165, 1.54) is 64.2 Å². The Hall–Kier alpha value is -0.690. The lowest BCUT2D eigenvalue weighted by Gasteiger charge is -2.61. The third-order valence-electron chi connectivity index (χ3n) is 11.7. The fourth-order valence-electron chi connectivity index (χ4n) is 9.69. The molecule has 7 unspecified atom stereocenters. The fourth-order valence-corrected chi connectivity index (χ4v) is 9.69. The van der Waals surface area contributed by atoms with Crippen LogP contribution < -0.4 is 27.2 Å². The molecule has 6 N–H and O–H groups in total. The van der Waals surface area contributed by atoms with E-state index in [0.29, 0.717) is 23.3 Å². The van der Waals surface area contributed by atoms with E-state index in [0.717, 1.165) is 68.6 Å². The highest BCUT2D eigenvalue weighted by atomic mass is 16.1. The van der Waals surface area contributed by atoms with Crippen LogP contribution in [-0.2, 0) is 4.79 Å². The number of amides is 1. The molecule has 4 saturated carbocycles. The SMILES string of the molecule is CC(C)NC(=O)CC[C@H]1CCC2C3CCC4CC(NCCNCCCCNN)CCC4(C)C3CCC21C. The number of carbonyl (C=O) groups is 1. The molecule has 0 aromatic heterocycles. The molecule has 0 heterocycles. The number of carbonyl (C=O) groups excluding carboxylic acids is 1. The van der Waals surface area contributed by atoms with Gasteiger partial charge in [0.25, 0.3) is 0 Å². The maximum atomic E-state index is 12.3. The molecule has 0 spiro atoms. The van der Waals surface area contributed by atoms with E-state index in [2.05, 4.69) is 49.1 Å². The molecule has 4 rings (SSSR count). The molecule has 214 valence electrons. The van der Waals surface area contributed by atoms with Gasteiger partial charge in [0.1, 0.15) is 0 Å². The summed E-state index contributed by atoms with van der Waals surface area (Å²) in [4.78, 5) is 12.3. The predicted octanol–water partition coefficient (Wildman–Crippen LogP) is 4.74. The average Bonchev–Trinajstić information content (AvgIpc) is 3.20. The molecule has 0 radical (unpaired) electrons. The Bertz CT molecular complexity index is 730. The minimum atomic E-state index is 0.252. The summed E-state index contributed by atoms with van der Waals surface area (Å²) >= 11 is 0. The van der Waals surface area contributed by atoms with Crippen molar-refractivity contribution < 1.29 is 4.79 Å². The second-order valence-corrected chi connectivity index (χ2v) is 14.1. The van der Waals surface area contributed by atoms with E-state index in [1.807, 2.05) is 0 Å². The molecule has 4 aliphatic rings. The van der Waals surface area contributed by atoms with Crippen molar-refractivity contribution in [3.05, 3.63) is 0 Å². The summed E-state index contributed by atoms with van der Waals surface area (Å²) in [5, 5.41) is 10.6. The number of rotatable bonds is 13. The minimum Gasteiger partial charge on any atom is -0.354 e. The van der Waals surface area contributed by atoms with Gasteiger partial charge < -0.3 is 16.0 Å². The molecule has 0 aromatic rings. The summed E-state index contributed by atoms with van der Waals surface area (Å²) in [6, 6.07) is 0.960. The van der Waals surface area contributed by atoms with Gasteiger partial charge in [0.15, 0.2) is 0 Å². The highest BCUT2D eigenvalue weighted by Gasteiger charge is 2.59. The van der Waals surface area contributed by atoms with Gasteiger partial charge in [0.05, 0.1) is 0 Å². The first-order chi connectivity index (χ1) is 17.8. The molecule has 1 amide bonds. The number of fused-ring (bicyclic) bond motifs is 5. The zero-order valence-electron chi connectivity index (χ0n) is 24.5. The van der Waals surface area contributed by atoms with Crippen molar-refractivity contribution in [1.29, 1.82) is 0 Å². The Morgan fingerprint density at radius 2 is 1.65 bits per heavy atom. The normalized spacial score (nSPS) is 39.2. The lowest BCUT2D eigenvalue weighted by Crippen LogP contribution is -2.55. The minimum absolute atomic E-state index is 0.252. The molecular formula is C31H59N5O.